The van der Waals surface area contributed by atoms with Crippen LogP contribution in [0.3, 0.4) is 0 Å². The van der Waals surface area contributed by atoms with E-state index in [0.29, 0.717) is 5.56 Å². The van der Waals surface area contributed by atoms with Crippen molar-refractivity contribution in [3.8, 4) is 5.75 Å². The van der Waals surface area contributed by atoms with Gasteiger partial charge in [-0.3, -0.25) is 0 Å². The van der Waals surface area contributed by atoms with E-state index in [1.807, 2.05) is 0 Å². The molecule has 0 saturated carbocycles. The van der Waals surface area contributed by atoms with Gasteiger partial charge in [-0.15, -0.1) is 0 Å². The Morgan fingerprint density at radius 3 is 2.47 bits per heavy atom. The molecule has 0 aliphatic rings. The molecule has 0 aliphatic heterocycles. The molecule has 5 heteroatoms. The van der Waals surface area contributed by atoms with E-state index in [-0.39, 0.29) is 11.8 Å². The third-order valence-corrected chi connectivity index (χ3v) is 1.80. The summed E-state index contributed by atoms with van der Waals surface area (Å²) in [4.78, 5) is 0. The Labute approximate surface area is 85.8 Å². The lowest BCUT2D eigenvalue weighted by Crippen LogP contribution is -2.20. The smallest absolute Gasteiger partial charge is 0.422 e. The third kappa shape index (κ3) is 3.79. The second-order valence-corrected chi connectivity index (χ2v) is 3.23. The van der Waals surface area contributed by atoms with Gasteiger partial charge in [0.25, 0.3) is 0 Å². The standard InChI is InChI=1S/C10H12F3NO/c1-7(14)8-4-2-3-5-9(8)15-6-10(11,12)13/h2-5,7H,6,14H2,1H3/t7-/m0/s1. The van der Waals surface area contributed by atoms with Gasteiger partial charge in [-0.2, -0.15) is 13.2 Å². The lowest BCUT2D eigenvalue weighted by Gasteiger charge is -2.14. The minimum Gasteiger partial charge on any atom is -0.484 e. The Morgan fingerprint density at radius 2 is 1.93 bits per heavy atom. The fourth-order valence-corrected chi connectivity index (χ4v) is 1.15. The number of rotatable bonds is 3. The van der Waals surface area contributed by atoms with Crippen molar-refractivity contribution in [1.29, 1.82) is 0 Å². The van der Waals surface area contributed by atoms with Crippen LogP contribution in [0.15, 0.2) is 24.3 Å². The van der Waals surface area contributed by atoms with Crippen LogP contribution in [0.1, 0.15) is 18.5 Å². The van der Waals surface area contributed by atoms with Crippen molar-refractivity contribution in [3.63, 3.8) is 0 Å². The van der Waals surface area contributed by atoms with E-state index in [1.165, 1.54) is 6.07 Å². The van der Waals surface area contributed by atoms with Gasteiger partial charge in [-0.05, 0) is 13.0 Å². The Balaban J connectivity index is 2.76. The minimum absolute atomic E-state index is 0.185. The maximum Gasteiger partial charge on any atom is 0.422 e. The molecule has 84 valence electrons. The topological polar surface area (TPSA) is 35.2 Å². The van der Waals surface area contributed by atoms with Crippen LogP contribution >= 0.6 is 0 Å². The van der Waals surface area contributed by atoms with E-state index >= 15 is 0 Å². The van der Waals surface area contributed by atoms with Crippen molar-refractivity contribution in [2.45, 2.75) is 19.1 Å². The molecule has 1 aromatic carbocycles. The van der Waals surface area contributed by atoms with Crippen LogP contribution < -0.4 is 10.5 Å². The number of para-hydroxylation sites is 1. The number of hydrogen-bond donors (Lipinski definition) is 1. The molecule has 0 fully saturated rings. The molecule has 1 atom stereocenters. The highest BCUT2D eigenvalue weighted by Gasteiger charge is 2.28. The van der Waals surface area contributed by atoms with Gasteiger partial charge in [-0.25, -0.2) is 0 Å². The molecular weight excluding hydrogens is 207 g/mol. The highest BCUT2D eigenvalue weighted by atomic mass is 19.4. The molecule has 15 heavy (non-hydrogen) atoms. The quantitative estimate of drug-likeness (QED) is 0.848. The van der Waals surface area contributed by atoms with Gasteiger partial charge in [-0.1, -0.05) is 18.2 Å². The van der Waals surface area contributed by atoms with Crippen LogP contribution in [0.4, 0.5) is 13.2 Å². The summed E-state index contributed by atoms with van der Waals surface area (Å²) in [5.41, 5.74) is 6.16. The van der Waals surface area contributed by atoms with E-state index in [9.17, 15) is 13.2 Å². The molecule has 0 radical (unpaired) electrons. The fourth-order valence-electron chi connectivity index (χ4n) is 1.15. The van der Waals surface area contributed by atoms with Gasteiger partial charge in [0.05, 0.1) is 0 Å². The molecule has 0 heterocycles. The monoisotopic (exact) mass is 219 g/mol. The van der Waals surface area contributed by atoms with Gasteiger partial charge in [0.1, 0.15) is 5.75 Å². The highest BCUT2D eigenvalue weighted by Crippen LogP contribution is 2.25. The van der Waals surface area contributed by atoms with Crippen LogP contribution in [-0.2, 0) is 0 Å². The number of alkyl halides is 3. The van der Waals surface area contributed by atoms with Crippen LogP contribution in [0.2, 0.25) is 0 Å². The third-order valence-electron chi connectivity index (χ3n) is 1.80. The van der Waals surface area contributed by atoms with Gasteiger partial charge >= 0.3 is 6.18 Å². The molecule has 0 aromatic heterocycles. The average molecular weight is 219 g/mol. The first kappa shape index (κ1) is 11.8. The summed E-state index contributed by atoms with van der Waals surface area (Å²) in [6.07, 6.45) is -4.33. The van der Waals surface area contributed by atoms with Gasteiger partial charge in [0, 0.05) is 11.6 Å². The Bertz CT molecular complexity index is 323. The van der Waals surface area contributed by atoms with E-state index in [0.717, 1.165) is 0 Å². The predicted molar refractivity (Wildman–Crippen MR) is 50.6 cm³/mol. The Morgan fingerprint density at radius 1 is 1.33 bits per heavy atom. The molecule has 2 nitrogen and oxygen atoms in total. The second-order valence-electron chi connectivity index (χ2n) is 3.23. The number of hydrogen-bond acceptors (Lipinski definition) is 2. The SMILES string of the molecule is C[C@H](N)c1ccccc1OCC(F)(F)F. The van der Waals surface area contributed by atoms with Crippen molar-refractivity contribution in [2.24, 2.45) is 5.73 Å². The molecule has 0 unspecified atom stereocenters. The van der Waals surface area contributed by atoms with Crippen LogP contribution in [0.25, 0.3) is 0 Å². The fraction of sp³-hybridized carbons (Fsp3) is 0.400. The van der Waals surface area contributed by atoms with E-state index < -0.39 is 12.8 Å². The summed E-state index contributed by atoms with van der Waals surface area (Å²) in [6.45, 7) is 0.395. The summed E-state index contributed by atoms with van der Waals surface area (Å²) in [5.74, 6) is 0.185. The molecule has 1 rings (SSSR count). The second kappa shape index (κ2) is 4.53. The van der Waals surface area contributed by atoms with Crippen molar-refractivity contribution >= 4 is 0 Å². The van der Waals surface area contributed by atoms with Gasteiger partial charge in [0.15, 0.2) is 6.61 Å². The van der Waals surface area contributed by atoms with Gasteiger partial charge < -0.3 is 10.5 Å². The lowest BCUT2D eigenvalue weighted by atomic mass is 10.1. The first-order valence-electron chi connectivity index (χ1n) is 4.44. The van der Waals surface area contributed by atoms with Crippen LogP contribution in [-0.4, -0.2) is 12.8 Å². The first-order chi connectivity index (χ1) is 6.90. The summed E-state index contributed by atoms with van der Waals surface area (Å²) in [7, 11) is 0. The Kier molecular flexibility index (Phi) is 3.57. The summed E-state index contributed by atoms with van der Waals surface area (Å²) in [5, 5.41) is 0. The lowest BCUT2D eigenvalue weighted by molar-refractivity contribution is -0.153. The zero-order chi connectivity index (χ0) is 11.5. The average Bonchev–Trinajstić information content (AvgIpc) is 2.14. The largest absolute Gasteiger partial charge is 0.484 e. The molecule has 0 aliphatic carbocycles. The van der Waals surface area contributed by atoms with Crippen molar-refractivity contribution in [2.75, 3.05) is 6.61 Å². The molecule has 0 spiro atoms. The molecule has 2 N–H and O–H groups in total. The zero-order valence-corrected chi connectivity index (χ0v) is 8.21. The van der Waals surface area contributed by atoms with Crippen LogP contribution in [0.5, 0.6) is 5.75 Å². The molecular formula is C10H12F3NO. The number of ether oxygens (including phenoxy) is 1. The minimum atomic E-state index is -4.33. The molecule has 0 saturated heterocycles. The van der Waals surface area contributed by atoms with E-state index in [2.05, 4.69) is 4.74 Å². The highest BCUT2D eigenvalue weighted by molar-refractivity contribution is 5.35. The summed E-state index contributed by atoms with van der Waals surface area (Å²) in [6, 6.07) is 6.09. The van der Waals surface area contributed by atoms with E-state index in [4.69, 9.17) is 5.73 Å². The first-order valence-corrected chi connectivity index (χ1v) is 4.44. The Hall–Kier alpha value is -1.23. The number of halogens is 3. The number of nitrogens with two attached hydrogens (primary N) is 1. The zero-order valence-electron chi connectivity index (χ0n) is 8.21. The van der Waals surface area contributed by atoms with E-state index in [1.54, 1.807) is 25.1 Å². The van der Waals surface area contributed by atoms with Gasteiger partial charge in [0.2, 0.25) is 0 Å². The number of benzene rings is 1. The molecule has 1 aromatic rings. The maximum absolute atomic E-state index is 11.9. The van der Waals surface area contributed by atoms with Crippen molar-refractivity contribution in [3.05, 3.63) is 29.8 Å². The van der Waals surface area contributed by atoms with Crippen molar-refractivity contribution < 1.29 is 17.9 Å². The predicted octanol–water partition coefficient (Wildman–Crippen LogP) is 2.65. The molecule has 0 bridgehead atoms. The van der Waals surface area contributed by atoms with Crippen molar-refractivity contribution in [1.82, 2.24) is 0 Å². The summed E-state index contributed by atoms with van der Waals surface area (Å²) >= 11 is 0. The normalized spacial score (nSPS) is 13.7. The molecule has 0 amide bonds. The van der Waals surface area contributed by atoms with Crippen LogP contribution in [0, 0.1) is 0 Å². The maximum atomic E-state index is 11.9. The summed E-state index contributed by atoms with van der Waals surface area (Å²) < 4.78 is 40.4.